The molecular formula is C63H51N. The molecule has 5 aliphatic rings. The van der Waals surface area contributed by atoms with Crippen LogP contribution < -0.4 is 4.90 Å². The molecule has 0 spiro atoms. The molecular weight excluding hydrogens is 771 g/mol. The first kappa shape index (κ1) is 37.6. The SMILES string of the molecule is c1ccc(-c2ccccc2-c2ccc(N(c3cccc(C45CC6CC(CC(C6)C4)C5)c3)c3c4c(cc5ccccc35)C(c3ccccc3)(c3ccccc3)c3ccccc3-4)cc2)cc1. The maximum Gasteiger partial charge on any atom is 0.0714 e. The van der Waals surface area contributed by atoms with Gasteiger partial charge in [-0.2, -0.15) is 0 Å². The van der Waals surface area contributed by atoms with Crippen LogP contribution in [0.25, 0.3) is 44.2 Å². The molecule has 64 heavy (non-hydrogen) atoms. The molecule has 4 fully saturated rings. The van der Waals surface area contributed by atoms with Crippen LogP contribution in [0.3, 0.4) is 0 Å². The van der Waals surface area contributed by atoms with E-state index in [1.165, 1.54) is 116 Å². The number of benzene rings is 9. The van der Waals surface area contributed by atoms with E-state index in [1.807, 2.05) is 0 Å². The zero-order chi connectivity index (χ0) is 42.2. The Morgan fingerprint density at radius 2 is 0.891 bits per heavy atom. The summed E-state index contributed by atoms with van der Waals surface area (Å²) in [6.07, 6.45) is 8.34. The summed E-state index contributed by atoms with van der Waals surface area (Å²) in [5.74, 6) is 2.62. The van der Waals surface area contributed by atoms with Crippen LogP contribution in [0.5, 0.6) is 0 Å². The topological polar surface area (TPSA) is 3.24 Å². The van der Waals surface area contributed by atoms with Crippen molar-refractivity contribution < 1.29 is 0 Å². The van der Waals surface area contributed by atoms with E-state index in [0.717, 1.165) is 23.4 Å². The van der Waals surface area contributed by atoms with Gasteiger partial charge in [-0.1, -0.05) is 188 Å². The van der Waals surface area contributed by atoms with Gasteiger partial charge in [0.2, 0.25) is 0 Å². The quantitative estimate of drug-likeness (QED) is 0.148. The molecule has 1 nitrogen and oxygen atoms in total. The molecule has 0 aliphatic heterocycles. The number of anilines is 3. The van der Waals surface area contributed by atoms with Crippen LogP contribution >= 0.6 is 0 Å². The highest BCUT2D eigenvalue weighted by Crippen LogP contribution is 2.63. The van der Waals surface area contributed by atoms with E-state index >= 15 is 0 Å². The molecule has 4 saturated carbocycles. The van der Waals surface area contributed by atoms with E-state index in [2.05, 4.69) is 223 Å². The molecule has 5 aliphatic carbocycles. The maximum absolute atomic E-state index is 2.64. The van der Waals surface area contributed by atoms with Gasteiger partial charge in [-0.25, -0.2) is 0 Å². The van der Waals surface area contributed by atoms with Crippen LogP contribution in [-0.2, 0) is 10.8 Å². The van der Waals surface area contributed by atoms with Crippen molar-refractivity contribution in [2.75, 3.05) is 4.90 Å². The van der Waals surface area contributed by atoms with E-state index in [9.17, 15) is 0 Å². The number of hydrogen-bond acceptors (Lipinski definition) is 1. The third-order valence-electron chi connectivity index (χ3n) is 15.9. The van der Waals surface area contributed by atoms with E-state index < -0.39 is 5.41 Å². The normalized spacial score (nSPS) is 21.1. The van der Waals surface area contributed by atoms with Gasteiger partial charge in [0.05, 0.1) is 11.1 Å². The van der Waals surface area contributed by atoms with Crippen molar-refractivity contribution in [1.82, 2.24) is 0 Å². The lowest BCUT2D eigenvalue weighted by molar-refractivity contribution is -0.00516. The summed E-state index contributed by atoms with van der Waals surface area (Å²) >= 11 is 0. The van der Waals surface area contributed by atoms with Gasteiger partial charge in [-0.3, -0.25) is 0 Å². The summed E-state index contributed by atoms with van der Waals surface area (Å²) < 4.78 is 0. The molecule has 0 unspecified atom stereocenters. The van der Waals surface area contributed by atoms with Crippen LogP contribution in [0.1, 0.15) is 66.3 Å². The predicted octanol–water partition coefficient (Wildman–Crippen LogP) is 16.5. The van der Waals surface area contributed by atoms with Gasteiger partial charge in [0.15, 0.2) is 0 Å². The molecule has 14 rings (SSSR count). The summed E-state index contributed by atoms with van der Waals surface area (Å²) in [4.78, 5) is 2.64. The van der Waals surface area contributed by atoms with Crippen molar-refractivity contribution in [2.45, 2.75) is 49.4 Å². The Balaban J connectivity index is 1.08. The van der Waals surface area contributed by atoms with Gasteiger partial charge in [0.25, 0.3) is 0 Å². The molecule has 9 aromatic carbocycles. The summed E-state index contributed by atoms with van der Waals surface area (Å²) in [6, 6.07) is 82.4. The minimum absolute atomic E-state index is 0.268. The van der Waals surface area contributed by atoms with Gasteiger partial charge in [-0.15, -0.1) is 0 Å². The second-order valence-electron chi connectivity index (χ2n) is 19.4. The molecule has 0 atom stereocenters. The molecule has 0 radical (unpaired) electrons. The summed E-state index contributed by atoms with van der Waals surface area (Å²) in [7, 11) is 0. The van der Waals surface area contributed by atoms with Gasteiger partial charge in [0, 0.05) is 22.3 Å². The lowest BCUT2D eigenvalue weighted by atomic mass is 9.48. The molecule has 0 saturated heterocycles. The average Bonchev–Trinajstić information content (AvgIpc) is 3.65. The third kappa shape index (κ3) is 5.76. The van der Waals surface area contributed by atoms with Gasteiger partial charge >= 0.3 is 0 Å². The molecule has 308 valence electrons. The van der Waals surface area contributed by atoms with Crippen molar-refractivity contribution in [3.05, 3.63) is 246 Å². The molecule has 0 amide bonds. The summed E-state index contributed by atoms with van der Waals surface area (Å²) in [6.45, 7) is 0. The zero-order valence-electron chi connectivity index (χ0n) is 36.2. The Bertz CT molecular complexity index is 3110. The lowest BCUT2D eigenvalue weighted by Crippen LogP contribution is -2.48. The fourth-order valence-electron chi connectivity index (χ4n) is 13.7. The largest absolute Gasteiger partial charge is 0.309 e. The van der Waals surface area contributed by atoms with Crippen LogP contribution in [0, 0.1) is 17.8 Å². The Morgan fingerprint density at radius 1 is 0.375 bits per heavy atom. The van der Waals surface area contributed by atoms with Crippen molar-refractivity contribution >= 4 is 27.8 Å². The van der Waals surface area contributed by atoms with Gasteiger partial charge in [0.1, 0.15) is 0 Å². The molecule has 4 bridgehead atoms. The number of rotatable bonds is 8. The zero-order valence-corrected chi connectivity index (χ0v) is 36.2. The second-order valence-corrected chi connectivity index (χ2v) is 19.4. The van der Waals surface area contributed by atoms with Gasteiger partial charge < -0.3 is 4.90 Å². The van der Waals surface area contributed by atoms with Crippen LogP contribution in [0.4, 0.5) is 17.1 Å². The fourth-order valence-corrected chi connectivity index (χ4v) is 13.7. The monoisotopic (exact) mass is 821 g/mol. The first-order valence-corrected chi connectivity index (χ1v) is 23.6. The third-order valence-corrected chi connectivity index (χ3v) is 15.9. The van der Waals surface area contributed by atoms with Crippen LogP contribution in [-0.4, -0.2) is 0 Å². The Morgan fingerprint density at radius 3 is 1.53 bits per heavy atom. The highest BCUT2D eigenvalue weighted by atomic mass is 15.1. The smallest absolute Gasteiger partial charge is 0.0714 e. The first-order chi connectivity index (χ1) is 31.7. The van der Waals surface area contributed by atoms with Crippen LogP contribution in [0.2, 0.25) is 0 Å². The fraction of sp³-hybridized carbons (Fsp3) is 0.175. The molecule has 0 heterocycles. The Kier molecular flexibility index (Phi) is 8.70. The molecule has 9 aromatic rings. The number of hydrogen-bond donors (Lipinski definition) is 0. The van der Waals surface area contributed by atoms with Crippen molar-refractivity contribution in [3.8, 4) is 33.4 Å². The van der Waals surface area contributed by atoms with Crippen molar-refractivity contribution in [3.63, 3.8) is 0 Å². The van der Waals surface area contributed by atoms with Crippen molar-refractivity contribution in [2.24, 2.45) is 17.8 Å². The average molecular weight is 822 g/mol. The second kappa shape index (κ2) is 14.8. The molecule has 1 heteroatoms. The Labute approximate surface area is 377 Å². The summed E-state index contributed by atoms with van der Waals surface area (Å²) in [5.41, 5.74) is 17.7. The number of nitrogens with zero attached hydrogens (tertiary/aromatic N) is 1. The lowest BCUT2D eigenvalue weighted by Gasteiger charge is -2.57. The maximum atomic E-state index is 2.64. The first-order valence-electron chi connectivity index (χ1n) is 23.6. The number of fused-ring (bicyclic) bond motifs is 4. The van der Waals surface area contributed by atoms with Crippen LogP contribution in [0.15, 0.2) is 218 Å². The molecule has 0 N–H and O–H groups in total. The van der Waals surface area contributed by atoms with E-state index in [-0.39, 0.29) is 5.41 Å². The van der Waals surface area contributed by atoms with Gasteiger partial charge in [-0.05, 0) is 153 Å². The predicted molar refractivity (Wildman–Crippen MR) is 267 cm³/mol. The Hall–Kier alpha value is -6.96. The van der Waals surface area contributed by atoms with E-state index in [4.69, 9.17) is 0 Å². The summed E-state index contributed by atoms with van der Waals surface area (Å²) in [5, 5.41) is 2.50. The minimum Gasteiger partial charge on any atom is -0.309 e. The van der Waals surface area contributed by atoms with Crippen molar-refractivity contribution in [1.29, 1.82) is 0 Å². The highest BCUT2D eigenvalue weighted by molar-refractivity contribution is 6.10. The molecule has 0 aromatic heterocycles. The standard InChI is InChI=1S/C63H51N/c1-4-17-46(18-5-1)54-26-12-13-27-55(54)47-31-33-52(34-32-47)64(53-25-16-24-51(39-53)62-40-43-35-44(41-62)37-45(36-43)42-62)61-56-28-11-10-19-48(56)38-59-60(61)57-29-14-15-30-58(57)63(59,49-20-6-2-7-21-49)50-22-8-3-9-23-50/h1-34,38-39,43-45H,35-37,40-42H2. The van der Waals surface area contributed by atoms with E-state index in [0.29, 0.717) is 0 Å². The van der Waals surface area contributed by atoms with E-state index in [1.54, 1.807) is 5.56 Å². The highest BCUT2D eigenvalue weighted by Gasteiger charge is 2.52. The minimum atomic E-state index is -0.523.